The Balaban J connectivity index is 2.07. The SMILES string of the molecule is Cc1nn2c(NCCOCCO)cc(C(C)(C)C)nc2c1-c1ccc(F)cc1. The Morgan fingerprint density at radius 1 is 1.18 bits per heavy atom. The van der Waals surface area contributed by atoms with Crippen molar-refractivity contribution in [2.24, 2.45) is 0 Å². The summed E-state index contributed by atoms with van der Waals surface area (Å²) in [4.78, 5) is 4.89. The van der Waals surface area contributed by atoms with E-state index < -0.39 is 0 Å². The number of nitrogens with one attached hydrogen (secondary N) is 1. The van der Waals surface area contributed by atoms with Crippen molar-refractivity contribution in [1.29, 1.82) is 0 Å². The van der Waals surface area contributed by atoms with Gasteiger partial charge in [-0.2, -0.15) is 9.61 Å². The van der Waals surface area contributed by atoms with Gasteiger partial charge in [-0.1, -0.05) is 32.9 Å². The van der Waals surface area contributed by atoms with Gasteiger partial charge in [0.25, 0.3) is 0 Å². The Morgan fingerprint density at radius 3 is 2.54 bits per heavy atom. The summed E-state index contributed by atoms with van der Waals surface area (Å²) in [6.07, 6.45) is 0. The predicted octanol–water partition coefficient (Wildman–Crippen LogP) is 3.56. The number of rotatable bonds is 7. The lowest BCUT2D eigenvalue weighted by molar-refractivity contribution is 0.0991. The first-order chi connectivity index (χ1) is 13.3. The largest absolute Gasteiger partial charge is 0.394 e. The summed E-state index contributed by atoms with van der Waals surface area (Å²) in [5.41, 5.74) is 4.11. The molecule has 0 fully saturated rings. The minimum atomic E-state index is -0.272. The predicted molar refractivity (Wildman–Crippen MR) is 108 cm³/mol. The van der Waals surface area contributed by atoms with Crippen LogP contribution in [0.1, 0.15) is 32.2 Å². The number of nitrogens with zero attached hydrogens (tertiary/aromatic N) is 3. The van der Waals surface area contributed by atoms with Crippen LogP contribution >= 0.6 is 0 Å². The van der Waals surface area contributed by atoms with Crippen molar-refractivity contribution in [3.63, 3.8) is 0 Å². The summed E-state index contributed by atoms with van der Waals surface area (Å²) in [6, 6.07) is 8.40. The fourth-order valence-electron chi connectivity index (χ4n) is 3.01. The minimum Gasteiger partial charge on any atom is -0.394 e. The third-order valence-electron chi connectivity index (χ3n) is 4.45. The normalized spacial score (nSPS) is 11.9. The van der Waals surface area contributed by atoms with E-state index in [-0.39, 0.29) is 17.8 Å². The Hall–Kier alpha value is -2.51. The first kappa shape index (κ1) is 20.2. The standard InChI is InChI=1S/C21H27FN4O2/c1-14-19(15-5-7-16(22)8-6-15)20-24-17(21(2,3)4)13-18(26(20)25-14)23-9-11-28-12-10-27/h5-8,13,23,27H,9-12H2,1-4H3. The Labute approximate surface area is 164 Å². The van der Waals surface area contributed by atoms with Crippen molar-refractivity contribution in [2.75, 3.05) is 31.7 Å². The number of hydrogen-bond donors (Lipinski definition) is 2. The van der Waals surface area contributed by atoms with Crippen LogP contribution in [0.25, 0.3) is 16.8 Å². The van der Waals surface area contributed by atoms with Crippen LogP contribution in [0.15, 0.2) is 30.3 Å². The van der Waals surface area contributed by atoms with Gasteiger partial charge in [0.05, 0.1) is 31.2 Å². The number of aromatic nitrogens is 3. The highest BCUT2D eigenvalue weighted by molar-refractivity contribution is 5.81. The first-order valence-electron chi connectivity index (χ1n) is 9.40. The molecule has 0 saturated carbocycles. The van der Waals surface area contributed by atoms with Crippen LogP contribution in [0.5, 0.6) is 0 Å². The summed E-state index contributed by atoms with van der Waals surface area (Å²) < 4.78 is 20.5. The van der Waals surface area contributed by atoms with Gasteiger partial charge in [0, 0.05) is 23.6 Å². The number of anilines is 1. The minimum absolute atomic E-state index is 0.00700. The zero-order valence-electron chi connectivity index (χ0n) is 16.8. The third-order valence-corrected chi connectivity index (χ3v) is 4.45. The molecule has 0 aliphatic heterocycles. The van der Waals surface area contributed by atoms with Crippen LogP contribution in [0.4, 0.5) is 10.2 Å². The summed E-state index contributed by atoms with van der Waals surface area (Å²) in [6.45, 7) is 9.64. The molecular weight excluding hydrogens is 359 g/mol. The second kappa shape index (κ2) is 8.24. The maximum atomic E-state index is 13.4. The van der Waals surface area contributed by atoms with Gasteiger partial charge in [0.15, 0.2) is 5.65 Å². The molecule has 0 aliphatic rings. The fourth-order valence-corrected chi connectivity index (χ4v) is 3.01. The summed E-state index contributed by atoms with van der Waals surface area (Å²) in [5, 5.41) is 16.8. The number of aryl methyl sites for hydroxylation is 1. The van der Waals surface area contributed by atoms with E-state index in [1.807, 2.05) is 13.0 Å². The number of halogens is 1. The van der Waals surface area contributed by atoms with Gasteiger partial charge in [-0.15, -0.1) is 0 Å². The molecule has 3 rings (SSSR count). The average Bonchev–Trinajstić information content (AvgIpc) is 2.97. The van der Waals surface area contributed by atoms with E-state index in [9.17, 15) is 4.39 Å². The maximum Gasteiger partial charge on any atom is 0.165 e. The molecule has 0 bridgehead atoms. The van der Waals surface area contributed by atoms with Gasteiger partial charge in [-0.25, -0.2) is 9.37 Å². The highest BCUT2D eigenvalue weighted by Crippen LogP contribution is 2.32. The number of aliphatic hydroxyl groups is 1. The molecule has 0 radical (unpaired) electrons. The molecule has 0 atom stereocenters. The van der Waals surface area contributed by atoms with Crippen molar-refractivity contribution in [2.45, 2.75) is 33.1 Å². The molecule has 0 unspecified atom stereocenters. The number of fused-ring (bicyclic) bond motifs is 1. The van der Waals surface area contributed by atoms with E-state index in [1.54, 1.807) is 16.6 Å². The molecule has 6 nitrogen and oxygen atoms in total. The smallest absolute Gasteiger partial charge is 0.165 e. The van der Waals surface area contributed by atoms with Crippen LogP contribution < -0.4 is 5.32 Å². The van der Waals surface area contributed by atoms with E-state index >= 15 is 0 Å². The molecular formula is C21H27FN4O2. The van der Waals surface area contributed by atoms with Crippen molar-refractivity contribution in [1.82, 2.24) is 14.6 Å². The van der Waals surface area contributed by atoms with Crippen molar-refractivity contribution in [3.8, 4) is 11.1 Å². The van der Waals surface area contributed by atoms with Gasteiger partial charge < -0.3 is 15.2 Å². The zero-order valence-corrected chi connectivity index (χ0v) is 16.8. The topological polar surface area (TPSA) is 71.7 Å². The number of hydrogen-bond acceptors (Lipinski definition) is 5. The summed E-state index contributed by atoms with van der Waals surface area (Å²) in [7, 11) is 0. The number of benzene rings is 1. The van der Waals surface area contributed by atoms with E-state index in [0.29, 0.717) is 19.8 Å². The Morgan fingerprint density at radius 2 is 1.89 bits per heavy atom. The molecule has 2 aromatic heterocycles. The molecule has 0 saturated heterocycles. The monoisotopic (exact) mass is 386 g/mol. The summed E-state index contributed by atoms with van der Waals surface area (Å²) >= 11 is 0. The molecule has 3 aromatic rings. The second-order valence-corrected chi connectivity index (χ2v) is 7.74. The van der Waals surface area contributed by atoms with Crippen LogP contribution in [-0.2, 0) is 10.2 Å². The van der Waals surface area contributed by atoms with E-state index in [2.05, 4.69) is 31.2 Å². The van der Waals surface area contributed by atoms with Gasteiger partial charge >= 0.3 is 0 Å². The third kappa shape index (κ3) is 4.31. The molecule has 2 heterocycles. The van der Waals surface area contributed by atoms with E-state index in [1.165, 1.54) is 12.1 Å². The Kier molecular flexibility index (Phi) is 5.96. The lowest BCUT2D eigenvalue weighted by Crippen LogP contribution is -2.18. The Bertz CT molecular complexity index is 946. The highest BCUT2D eigenvalue weighted by Gasteiger charge is 2.22. The lowest BCUT2D eigenvalue weighted by atomic mass is 9.92. The van der Waals surface area contributed by atoms with Crippen molar-refractivity contribution < 1.29 is 14.2 Å². The highest BCUT2D eigenvalue weighted by atomic mass is 19.1. The van der Waals surface area contributed by atoms with Crippen LogP contribution in [0.3, 0.4) is 0 Å². The molecule has 150 valence electrons. The number of ether oxygens (including phenoxy) is 1. The summed E-state index contributed by atoms with van der Waals surface area (Å²) in [5.74, 6) is 0.547. The van der Waals surface area contributed by atoms with Gasteiger partial charge in [-0.05, 0) is 24.6 Å². The van der Waals surface area contributed by atoms with Gasteiger partial charge in [0.2, 0.25) is 0 Å². The van der Waals surface area contributed by atoms with Crippen LogP contribution in [0, 0.1) is 12.7 Å². The fraction of sp³-hybridized carbons (Fsp3) is 0.429. The molecule has 7 heteroatoms. The van der Waals surface area contributed by atoms with E-state index in [0.717, 1.165) is 34.0 Å². The van der Waals surface area contributed by atoms with Crippen molar-refractivity contribution >= 4 is 11.5 Å². The molecule has 0 spiro atoms. The zero-order chi connectivity index (χ0) is 20.3. The van der Waals surface area contributed by atoms with Gasteiger partial charge in [0.1, 0.15) is 11.6 Å². The first-order valence-corrected chi connectivity index (χ1v) is 9.40. The molecule has 0 aliphatic carbocycles. The molecule has 2 N–H and O–H groups in total. The van der Waals surface area contributed by atoms with Crippen LogP contribution in [-0.4, -0.2) is 46.1 Å². The second-order valence-electron chi connectivity index (χ2n) is 7.74. The average molecular weight is 386 g/mol. The van der Waals surface area contributed by atoms with Crippen LogP contribution in [0.2, 0.25) is 0 Å². The van der Waals surface area contributed by atoms with Gasteiger partial charge in [-0.3, -0.25) is 0 Å². The number of aliphatic hydroxyl groups excluding tert-OH is 1. The molecule has 28 heavy (non-hydrogen) atoms. The van der Waals surface area contributed by atoms with E-state index in [4.69, 9.17) is 14.8 Å². The van der Waals surface area contributed by atoms with Crippen molar-refractivity contribution in [3.05, 3.63) is 47.5 Å². The maximum absolute atomic E-state index is 13.4. The quantitative estimate of drug-likeness (QED) is 0.608. The molecule has 1 aromatic carbocycles. The molecule has 0 amide bonds. The lowest BCUT2D eigenvalue weighted by Gasteiger charge is -2.20.